The Balaban J connectivity index is 1.51. The third-order valence-electron chi connectivity index (χ3n) is 7.10. The van der Waals surface area contributed by atoms with Crippen molar-refractivity contribution in [3.05, 3.63) is 21.3 Å². The van der Waals surface area contributed by atoms with Crippen molar-refractivity contribution < 1.29 is 9.47 Å². The molecule has 0 saturated heterocycles. The van der Waals surface area contributed by atoms with Gasteiger partial charge in [-0.3, -0.25) is 0 Å². The fraction of sp³-hybridized carbons (Fsp3) is 0.800. The van der Waals surface area contributed by atoms with Crippen molar-refractivity contribution in [2.45, 2.75) is 88.9 Å². The molecule has 0 amide bonds. The van der Waals surface area contributed by atoms with Crippen molar-refractivity contribution in [2.24, 2.45) is 10.8 Å². The quantitative estimate of drug-likeness (QED) is 0.485. The predicted molar refractivity (Wildman–Crippen MR) is 101 cm³/mol. The smallest absolute Gasteiger partial charge is 0.177 e. The van der Waals surface area contributed by atoms with E-state index in [0.717, 1.165) is 12.8 Å². The zero-order valence-electron chi connectivity index (χ0n) is 15.3. The summed E-state index contributed by atoms with van der Waals surface area (Å²) >= 11 is 4.07. The van der Waals surface area contributed by atoms with E-state index < -0.39 is 0 Å². The van der Waals surface area contributed by atoms with Crippen molar-refractivity contribution in [3.8, 4) is 0 Å². The van der Waals surface area contributed by atoms with E-state index in [0.29, 0.717) is 0 Å². The Morgan fingerprint density at radius 1 is 0.625 bits per heavy atom. The van der Waals surface area contributed by atoms with E-state index >= 15 is 0 Å². The molecule has 0 radical (unpaired) electrons. The third kappa shape index (κ3) is 1.55. The molecule has 132 valence electrons. The van der Waals surface area contributed by atoms with Crippen LogP contribution in [0.5, 0.6) is 0 Å². The van der Waals surface area contributed by atoms with Gasteiger partial charge in [0.25, 0.3) is 0 Å². The van der Waals surface area contributed by atoms with E-state index in [1.165, 1.54) is 59.9 Å². The van der Waals surface area contributed by atoms with Gasteiger partial charge in [-0.25, -0.2) is 0 Å². The molecule has 0 aromatic rings. The van der Waals surface area contributed by atoms with Gasteiger partial charge >= 0.3 is 0 Å². The summed E-state index contributed by atoms with van der Waals surface area (Å²) in [7, 11) is 0. The van der Waals surface area contributed by atoms with E-state index in [-0.39, 0.29) is 20.7 Å². The van der Waals surface area contributed by atoms with Gasteiger partial charge in [0.05, 0.1) is 10.8 Å². The lowest BCUT2D eigenvalue weighted by Gasteiger charge is -2.73. The van der Waals surface area contributed by atoms with Crippen molar-refractivity contribution in [1.29, 1.82) is 0 Å². The first kappa shape index (κ1) is 16.0. The number of rotatable bonds is 0. The van der Waals surface area contributed by atoms with Crippen LogP contribution < -0.4 is 0 Å². The lowest BCUT2D eigenvalue weighted by Crippen LogP contribution is -2.81. The summed E-state index contributed by atoms with van der Waals surface area (Å²) in [6.45, 7) is 9.54. The van der Waals surface area contributed by atoms with Crippen LogP contribution in [-0.4, -0.2) is 9.87 Å². The number of hydrogen-bond acceptors (Lipinski definition) is 4. The van der Waals surface area contributed by atoms with Gasteiger partial charge in [-0.15, -0.1) is 0 Å². The number of allylic oxidation sites excluding steroid dienone is 4. The largest absolute Gasteiger partial charge is 0.478 e. The second-order valence-electron chi connectivity index (χ2n) is 9.00. The standard InChI is InChI=1S/C20H28O2S2/c1-17(2)19(21-13-9-5-7-11-15(13)23-19)18(3,4)20(17)22-14-10-6-8-12-16(14)24-20/h5-12H2,1-4H3. The molecule has 0 N–H and O–H groups in total. The molecule has 1 saturated carbocycles. The van der Waals surface area contributed by atoms with E-state index in [1.807, 2.05) is 23.5 Å². The third-order valence-corrected chi connectivity index (χ3v) is 11.2. The highest BCUT2D eigenvalue weighted by Crippen LogP contribution is 2.84. The highest BCUT2D eigenvalue weighted by Gasteiger charge is 2.87. The second kappa shape index (κ2) is 4.73. The number of thioether (sulfide) groups is 2. The van der Waals surface area contributed by atoms with E-state index in [4.69, 9.17) is 9.47 Å². The van der Waals surface area contributed by atoms with Crippen molar-refractivity contribution in [2.75, 3.05) is 0 Å². The zero-order chi connectivity index (χ0) is 16.8. The topological polar surface area (TPSA) is 18.5 Å². The Morgan fingerprint density at radius 3 is 1.38 bits per heavy atom. The molecule has 2 nitrogen and oxygen atoms in total. The molecule has 3 aliphatic carbocycles. The minimum Gasteiger partial charge on any atom is -0.478 e. The van der Waals surface area contributed by atoms with Crippen LogP contribution >= 0.6 is 23.5 Å². The van der Waals surface area contributed by atoms with Crippen LogP contribution in [0.3, 0.4) is 0 Å². The predicted octanol–water partition coefficient (Wildman–Crippen LogP) is 6.54. The average molecular weight is 365 g/mol. The molecule has 4 heteroatoms. The molecule has 0 atom stereocenters. The number of hydrogen-bond donors (Lipinski definition) is 0. The summed E-state index contributed by atoms with van der Waals surface area (Å²) in [6.07, 6.45) is 9.88. The summed E-state index contributed by atoms with van der Waals surface area (Å²) in [5.41, 5.74) is -0.0406. The summed E-state index contributed by atoms with van der Waals surface area (Å²) in [5.74, 6) is 2.59. The Morgan fingerprint density at radius 2 is 1.00 bits per heavy atom. The van der Waals surface area contributed by atoms with Gasteiger partial charge in [0.1, 0.15) is 11.5 Å². The monoisotopic (exact) mass is 364 g/mol. The van der Waals surface area contributed by atoms with Crippen molar-refractivity contribution in [3.63, 3.8) is 0 Å². The highest BCUT2D eigenvalue weighted by atomic mass is 32.2. The van der Waals surface area contributed by atoms with E-state index in [9.17, 15) is 0 Å². The molecule has 0 unspecified atom stereocenters. The highest BCUT2D eigenvalue weighted by molar-refractivity contribution is 8.06. The molecule has 5 aliphatic rings. The molecular weight excluding hydrogens is 336 g/mol. The molecule has 0 aromatic carbocycles. The lowest BCUT2D eigenvalue weighted by molar-refractivity contribution is -0.297. The summed E-state index contributed by atoms with van der Waals surface area (Å²) < 4.78 is 13.6. The second-order valence-corrected chi connectivity index (χ2v) is 11.5. The van der Waals surface area contributed by atoms with Gasteiger partial charge < -0.3 is 9.47 Å². The minimum absolute atomic E-state index is 0.0203. The molecule has 2 heterocycles. The SMILES string of the molecule is CC1(C)C2(OC3=C(CCCC3)S2)C(C)(C)C12OC1=C(CCCC1)S2. The molecule has 1 fully saturated rings. The van der Waals surface area contributed by atoms with Crippen molar-refractivity contribution >= 4 is 23.5 Å². The summed E-state index contributed by atoms with van der Waals surface area (Å²) in [6, 6.07) is 0. The molecule has 24 heavy (non-hydrogen) atoms. The van der Waals surface area contributed by atoms with Gasteiger partial charge in [0.15, 0.2) is 9.87 Å². The van der Waals surface area contributed by atoms with Gasteiger partial charge in [0, 0.05) is 22.7 Å². The van der Waals surface area contributed by atoms with Crippen LogP contribution in [0.1, 0.15) is 79.1 Å². The normalized spacial score (nSPS) is 33.8. The van der Waals surface area contributed by atoms with Crippen LogP contribution in [0.25, 0.3) is 0 Å². The summed E-state index contributed by atoms with van der Waals surface area (Å²) in [5, 5.41) is 0. The maximum Gasteiger partial charge on any atom is 0.177 e. The summed E-state index contributed by atoms with van der Waals surface area (Å²) in [4.78, 5) is 2.71. The number of ether oxygens (including phenoxy) is 2. The van der Waals surface area contributed by atoms with Crippen LogP contribution in [0.15, 0.2) is 21.3 Å². The van der Waals surface area contributed by atoms with Crippen LogP contribution in [0.4, 0.5) is 0 Å². The van der Waals surface area contributed by atoms with Crippen LogP contribution in [0.2, 0.25) is 0 Å². The fourth-order valence-corrected chi connectivity index (χ4v) is 9.53. The molecule has 5 rings (SSSR count). The van der Waals surface area contributed by atoms with Gasteiger partial charge in [0.2, 0.25) is 0 Å². The van der Waals surface area contributed by atoms with E-state index in [1.54, 1.807) is 0 Å². The maximum atomic E-state index is 6.79. The first-order valence-corrected chi connectivity index (χ1v) is 11.2. The molecule has 2 spiro atoms. The first-order chi connectivity index (χ1) is 11.3. The first-order valence-electron chi connectivity index (χ1n) is 9.55. The van der Waals surface area contributed by atoms with Crippen LogP contribution in [0, 0.1) is 10.8 Å². The Hall–Kier alpha value is -0.220. The Bertz CT molecular complexity index is 561. The molecular formula is C20H28O2S2. The van der Waals surface area contributed by atoms with Crippen LogP contribution in [-0.2, 0) is 9.47 Å². The minimum atomic E-state index is -0.170. The Kier molecular flexibility index (Phi) is 3.15. The Labute approximate surface area is 154 Å². The zero-order valence-corrected chi connectivity index (χ0v) is 16.9. The lowest BCUT2D eigenvalue weighted by atomic mass is 9.49. The molecule has 0 bridgehead atoms. The van der Waals surface area contributed by atoms with Crippen molar-refractivity contribution in [1.82, 2.24) is 0 Å². The van der Waals surface area contributed by atoms with E-state index in [2.05, 4.69) is 27.7 Å². The van der Waals surface area contributed by atoms with Gasteiger partial charge in [-0.1, -0.05) is 51.2 Å². The molecule has 0 aromatic heterocycles. The fourth-order valence-electron chi connectivity index (χ4n) is 5.82. The average Bonchev–Trinajstić information content (AvgIpc) is 3.16. The molecule has 2 aliphatic heterocycles. The maximum absolute atomic E-state index is 6.79. The van der Waals surface area contributed by atoms with Gasteiger partial charge in [-0.05, 0) is 38.5 Å². The van der Waals surface area contributed by atoms with Gasteiger partial charge in [-0.2, -0.15) is 0 Å².